The van der Waals surface area contributed by atoms with Crippen molar-refractivity contribution in [2.24, 2.45) is 5.92 Å². The third-order valence-electron chi connectivity index (χ3n) is 1.78. The number of ether oxygens (including phenoxy) is 1. The van der Waals surface area contributed by atoms with Crippen molar-refractivity contribution in [3.05, 3.63) is 0 Å². The Morgan fingerprint density at radius 3 is 2.29 bits per heavy atom. The van der Waals surface area contributed by atoms with E-state index in [2.05, 4.69) is 0 Å². The van der Waals surface area contributed by atoms with E-state index in [-0.39, 0.29) is 6.61 Å². The van der Waals surface area contributed by atoms with Crippen LogP contribution in [0.5, 0.6) is 0 Å². The van der Waals surface area contributed by atoms with Crippen LogP contribution in [0.3, 0.4) is 0 Å². The number of rotatable bonds is 5. The molecule has 1 atom stereocenters. The summed E-state index contributed by atoms with van der Waals surface area (Å²) in [6, 6.07) is 0. The van der Waals surface area contributed by atoms with Crippen molar-refractivity contribution in [1.29, 1.82) is 0 Å². The van der Waals surface area contributed by atoms with Gasteiger partial charge in [0.2, 0.25) is 0 Å². The molecule has 0 radical (unpaired) electrons. The zero-order chi connectivity index (χ0) is 11.4. The minimum absolute atomic E-state index is 0.267. The van der Waals surface area contributed by atoms with Gasteiger partial charge in [-0.05, 0) is 27.2 Å². The molecule has 0 aromatic heterocycles. The van der Waals surface area contributed by atoms with Gasteiger partial charge in [-0.3, -0.25) is 9.59 Å². The minimum Gasteiger partial charge on any atom is -0.465 e. The van der Waals surface area contributed by atoms with Crippen LogP contribution in [-0.4, -0.2) is 24.0 Å². The fourth-order valence-electron chi connectivity index (χ4n) is 0.950. The van der Waals surface area contributed by atoms with Gasteiger partial charge in [0.15, 0.2) is 11.5 Å². The number of esters is 1. The van der Waals surface area contributed by atoms with Gasteiger partial charge in [0.05, 0.1) is 6.61 Å². The third-order valence-corrected chi connectivity index (χ3v) is 1.78. The monoisotopic (exact) mass is 204 g/mol. The molecule has 0 amide bonds. The Morgan fingerprint density at radius 2 is 1.93 bits per heavy atom. The van der Waals surface area contributed by atoms with E-state index in [0.29, 0.717) is 6.42 Å². The summed E-state index contributed by atoms with van der Waals surface area (Å²) < 4.78 is 17.9. The summed E-state index contributed by atoms with van der Waals surface area (Å²) >= 11 is 0. The van der Waals surface area contributed by atoms with Gasteiger partial charge in [-0.25, -0.2) is 4.39 Å². The van der Waals surface area contributed by atoms with Gasteiger partial charge in [0.25, 0.3) is 0 Å². The fraction of sp³-hybridized carbons (Fsp3) is 0.800. The van der Waals surface area contributed by atoms with Crippen LogP contribution in [0.25, 0.3) is 0 Å². The molecule has 3 nitrogen and oxygen atoms in total. The van der Waals surface area contributed by atoms with Crippen molar-refractivity contribution in [3.63, 3.8) is 0 Å². The lowest BCUT2D eigenvalue weighted by Gasteiger charge is -2.17. The predicted molar refractivity (Wildman–Crippen MR) is 50.6 cm³/mol. The van der Waals surface area contributed by atoms with Crippen LogP contribution in [0.2, 0.25) is 0 Å². The smallest absolute Gasteiger partial charge is 0.316 e. The van der Waals surface area contributed by atoms with E-state index in [1.54, 1.807) is 0 Å². The highest BCUT2D eigenvalue weighted by Gasteiger charge is 2.35. The maximum Gasteiger partial charge on any atom is 0.316 e. The number of carbonyl (C=O) groups is 2. The largest absolute Gasteiger partial charge is 0.465 e. The number of hydrogen-bond acceptors (Lipinski definition) is 3. The normalized spacial score (nSPS) is 13.5. The van der Waals surface area contributed by atoms with E-state index in [1.165, 1.54) is 6.92 Å². The average molecular weight is 204 g/mol. The summed E-state index contributed by atoms with van der Waals surface area (Å²) in [6.07, 6.45) is 0.686. The van der Waals surface area contributed by atoms with E-state index in [1.807, 2.05) is 6.92 Å². The van der Waals surface area contributed by atoms with Gasteiger partial charge in [0.1, 0.15) is 5.92 Å². The Bertz CT molecular complexity index is 218. The standard InChI is InChI=1S/C10H17FO3/c1-5-6-14-9(13)7(2)8(12)10(3,4)11/h7H,5-6H2,1-4H3. The first-order valence-electron chi connectivity index (χ1n) is 4.70. The number of halogens is 1. The van der Waals surface area contributed by atoms with Crippen molar-refractivity contribution in [2.75, 3.05) is 6.61 Å². The van der Waals surface area contributed by atoms with Gasteiger partial charge in [-0.15, -0.1) is 0 Å². The summed E-state index contributed by atoms with van der Waals surface area (Å²) in [5, 5.41) is 0. The van der Waals surface area contributed by atoms with Crippen LogP contribution in [-0.2, 0) is 14.3 Å². The number of alkyl halides is 1. The lowest BCUT2D eigenvalue weighted by Crippen LogP contribution is -2.36. The first-order valence-corrected chi connectivity index (χ1v) is 4.70. The van der Waals surface area contributed by atoms with Crippen molar-refractivity contribution < 1.29 is 18.7 Å². The van der Waals surface area contributed by atoms with Gasteiger partial charge >= 0.3 is 5.97 Å². The van der Waals surface area contributed by atoms with E-state index in [4.69, 9.17) is 4.74 Å². The molecule has 0 aliphatic rings. The molecule has 0 rings (SSSR count). The summed E-state index contributed by atoms with van der Waals surface area (Å²) in [7, 11) is 0. The van der Waals surface area contributed by atoms with Crippen LogP contribution < -0.4 is 0 Å². The zero-order valence-electron chi connectivity index (χ0n) is 9.09. The summed E-state index contributed by atoms with van der Waals surface area (Å²) in [5.41, 5.74) is -1.98. The first-order chi connectivity index (χ1) is 6.30. The highest BCUT2D eigenvalue weighted by atomic mass is 19.1. The number of hydrogen-bond donors (Lipinski definition) is 0. The SMILES string of the molecule is CCCOC(=O)C(C)C(=O)C(C)(C)F. The molecule has 14 heavy (non-hydrogen) atoms. The third kappa shape index (κ3) is 3.85. The first kappa shape index (κ1) is 13.1. The molecule has 0 fully saturated rings. The Morgan fingerprint density at radius 1 is 1.43 bits per heavy atom. The fourth-order valence-corrected chi connectivity index (χ4v) is 0.950. The van der Waals surface area contributed by atoms with Crippen molar-refractivity contribution >= 4 is 11.8 Å². The lowest BCUT2D eigenvalue weighted by atomic mass is 9.95. The zero-order valence-corrected chi connectivity index (χ0v) is 9.09. The maximum atomic E-state index is 13.2. The molecular formula is C10H17FO3. The molecule has 0 aliphatic heterocycles. The van der Waals surface area contributed by atoms with Crippen molar-refractivity contribution in [1.82, 2.24) is 0 Å². The van der Waals surface area contributed by atoms with Gasteiger partial charge < -0.3 is 4.74 Å². The van der Waals surface area contributed by atoms with E-state index >= 15 is 0 Å². The Balaban J connectivity index is 4.26. The molecule has 0 aromatic carbocycles. The van der Waals surface area contributed by atoms with Crippen LogP contribution in [0.15, 0.2) is 0 Å². The molecule has 0 aliphatic carbocycles. The quantitative estimate of drug-likeness (QED) is 0.507. The number of carbonyl (C=O) groups excluding carboxylic acids is 2. The molecule has 0 N–H and O–H groups in total. The molecule has 0 aromatic rings. The molecule has 82 valence electrons. The Labute approximate surface area is 83.6 Å². The second-order valence-electron chi connectivity index (χ2n) is 3.73. The Kier molecular flexibility index (Phi) is 4.74. The predicted octanol–water partition coefficient (Wildman–Crippen LogP) is 1.89. The van der Waals surface area contributed by atoms with Crippen molar-refractivity contribution in [2.45, 2.75) is 39.8 Å². The number of Topliss-reactive ketones (excluding diaryl/α,β-unsaturated/α-hetero) is 1. The van der Waals surface area contributed by atoms with Gasteiger partial charge in [0, 0.05) is 0 Å². The highest BCUT2D eigenvalue weighted by Crippen LogP contribution is 2.16. The highest BCUT2D eigenvalue weighted by molar-refractivity contribution is 6.02. The van der Waals surface area contributed by atoms with E-state index in [0.717, 1.165) is 13.8 Å². The molecule has 0 saturated carbocycles. The van der Waals surface area contributed by atoms with Crippen LogP contribution in [0.1, 0.15) is 34.1 Å². The average Bonchev–Trinajstić information content (AvgIpc) is 2.10. The second kappa shape index (κ2) is 5.08. The molecular weight excluding hydrogens is 187 g/mol. The molecule has 1 unspecified atom stereocenters. The van der Waals surface area contributed by atoms with Gasteiger partial charge in [-0.2, -0.15) is 0 Å². The summed E-state index contributed by atoms with van der Waals surface area (Å²) in [6.45, 7) is 5.75. The molecule has 0 heterocycles. The van der Waals surface area contributed by atoms with Crippen LogP contribution >= 0.6 is 0 Å². The summed E-state index contributed by atoms with van der Waals surface area (Å²) in [4.78, 5) is 22.5. The molecule has 0 spiro atoms. The van der Waals surface area contributed by atoms with Crippen LogP contribution in [0, 0.1) is 5.92 Å². The maximum absolute atomic E-state index is 13.2. The van der Waals surface area contributed by atoms with Gasteiger partial charge in [-0.1, -0.05) is 6.92 Å². The second-order valence-corrected chi connectivity index (χ2v) is 3.73. The lowest BCUT2D eigenvalue weighted by molar-refractivity contribution is -0.154. The molecule has 0 bridgehead atoms. The summed E-state index contributed by atoms with van der Waals surface area (Å²) in [5.74, 6) is -2.41. The van der Waals surface area contributed by atoms with E-state index < -0.39 is 23.3 Å². The topological polar surface area (TPSA) is 43.4 Å². The molecule has 4 heteroatoms. The number of ketones is 1. The Hall–Kier alpha value is -0.930. The van der Waals surface area contributed by atoms with Crippen molar-refractivity contribution in [3.8, 4) is 0 Å². The minimum atomic E-state index is -1.98. The van der Waals surface area contributed by atoms with Crippen LogP contribution in [0.4, 0.5) is 4.39 Å². The molecule has 0 saturated heterocycles. The van der Waals surface area contributed by atoms with E-state index in [9.17, 15) is 14.0 Å².